The van der Waals surface area contributed by atoms with Crippen LogP contribution in [0.2, 0.25) is 0 Å². The van der Waals surface area contributed by atoms with Gasteiger partial charge in [0.1, 0.15) is 0 Å². The summed E-state index contributed by atoms with van der Waals surface area (Å²) in [4.78, 5) is 27.5. The van der Waals surface area contributed by atoms with Crippen molar-refractivity contribution >= 4 is 44.1 Å². The van der Waals surface area contributed by atoms with Crippen LogP contribution in [0.15, 0.2) is 40.3 Å². The second-order valence-electron chi connectivity index (χ2n) is 3.79. The largest absolute Gasteiger partial charge is 0.302 e. The molecule has 19 heavy (non-hydrogen) atoms. The van der Waals surface area contributed by atoms with Crippen LogP contribution in [0.3, 0.4) is 0 Å². The topological polar surface area (TPSA) is 59.1 Å². The monoisotopic (exact) mass is 338 g/mol. The molecule has 0 aliphatic rings. The van der Waals surface area contributed by atoms with Crippen LogP contribution in [0.5, 0.6) is 0 Å². The van der Waals surface area contributed by atoms with Crippen LogP contribution in [0.1, 0.15) is 23.2 Å². The zero-order chi connectivity index (χ0) is 13.7. The zero-order valence-corrected chi connectivity index (χ0v) is 12.3. The second-order valence-corrected chi connectivity index (χ2v) is 5.54. The highest BCUT2D eigenvalue weighted by atomic mass is 79.9. The fourth-order valence-corrected chi connectivity index (χ4v) is 2.57. The van der Waals surface area contributed by atoms with Gasteiger partial charge in [-0.15, -0.1) is 11.3 Å². The quantitative estimate of drug-likeness (QED) is 0.848. The molecule has 1 N–H and O–H groups in total. The molecule has 0 atom stereocenters. The number of anilines is 1. The van der Waals surface area contributed by atoms with E-state index in [1.807, 2.05) is 12.1 Å². The minimum Gasteiger partial charge on any atom is -0.302 e. The van der Waals surface area contributed by atoms with Gasteiger partial charge in [0.05, 0.1) is 0 Å². The van der Waals surface area contributed by atoms with Crippen LogP contribution in [-0.2, 0) is 4.79 Å². The predicted octanol–water partition coefficient (Wildman–Crippen LogP) is 3.51. The van der Waals surface area contributed by atoms with E-state index in [1.54, 1.807) is 23.7 Å². The average Bonchev–Trinajstić information content (AvgIpc) is 2.89. The Bertz CT molecular complexity index is 584. The van der Waals surface area contributed by atoms with Crippen LogP contribution in [0.4, 0.5) is 5.13 Å². The summed E-state index contributed by atoms with van der Waals surface area (Å²) < 4.78 is 0.750. The van der Waals surface area contributed by atoms with E-state index in [9.17, 15) is 9.59 Å². The highest BCUT2D eigenvalue weighted by molar-refractivity contribution is 9.10. The van der Waals surface area contributed by atoms with Crippen LogP contribution < -0.4 is 5.32 Å². The molecule has 2 aromatic rings. The first-order chi connectivity index (χ1) is 9.16. The van der Waals surface area contributed by atoms with Crippen molar-refractivity contribution in [2.75, 3.05) is 5.32 Å². The molecule has 0 fully saturated rings. The molecule has 1 aromatic heterocycles. The summed E-state index contributed by atoms with van der Waals surface area (Å²) in [5.41, 5.74) is 0.601. The number of nitrogens with zero attached hydrogens (tertiary/aromatic N) is 1. The number of carbonyl (C=O) groups excluding carboxylic acids is 2. The number of nitrogens with one attached hydrogen (secondary N) is 1. The molecule has 0 unspecified atom stereocenters. The molecule has 0 radical (unpaired) electrons. The smallest absolute Gasteiger partial charge is 0.226 e. The molecule has 2 rings (SSSR count). The Morgan fingerprint density at radius 3 is 2.74 bits per heavy atom. The fourth-order valence-electron chi connectivity index (χ4n) is 1.52. The van der Waals surface area contributed by atoms with Gasteiger partial charge in [0.25, 0.3) is 0 Å². The summed E-state index contributed by atoms with van der Waals surface area (Å²) >= 11 is 4.67. The highest BCUT2D eigenvalue weighted by Gasteiger charge is 2.12. The third-order valence-electron chi connectivity index (χ3n) is 2.43. The van der Waals surface area contributed by atoms with Crippen molar-refractivity contribution < 1.29 is 9.59 Å². The van der Waals surface area contributed by atoms with Crippen molar-refractivity contribution in [3.05, 3.63) is 45.9 Å². The Morgan fingerprint density at radius 1 is 1.26 bits per heavy atom. The third-order valence-corrected chi connectivity index (χ3v) is 3.81. The number of amides is 1. The first-order valence-electron chi connectivity index (χ1n) is 5.64. The third kappa shape index (κ3) is 3.97. The van der Waals surface area contributed by atoms with Crippen LogP contribution in [-0.4, -0.2) is 16.7 Å². The molecule has 4 nitrogen and oxygen atoms in total. The van der Waals surface area contributed by atoms with Crippen molar-refractivity contribution in [1.29, 1.82) is 0 Å². The van der Waals surface area contributed by atoms with Crippen molar-refractivity contribution in [2.24, 2.45) is 0 Å². The van der Waals surface area contributed by atoms with Crippen molar-refractivity contribution in [3.63, 3.8) is 0 Å². The molecule has 0 saturated carbocycles. The molecule has 0 bridgehead atoms. The number of thiazole rings is 1. The van der Waals surface area contributed by atoms with Gasteiger partial charge >= 0.3 is 0 Å². The van der Waals surface area contributed by atoms with Crippen LogP contribution in [0, 0.1) is 0 Å². The lowest BCUT2D eigenvalue weighted by Gasteiger charge is -2.03. The van der Waals surface area contributed by atoms with Gasteiger partial charge in [-0.25, -0.2) is 4.98 Å². The summed E-state index contributed by atoms with van der Waals surface area (Å²) in [7, 11) is 0. The first kappa shape index (κ1) is 13.9. The number of ketones is 1. The first-order valence-corrected chi connectivity index (χ1v) is 7.31. The summed E-state index contributed by atoms with van der Waals surface area (Å²) in [6, 6.07) is 7.19. The molecule has 0 aliphatic heterocycles. The number of carbonyl (C=O) groups is 2. The summed E-state index contributed by atoms with van der Waals surface area (Å²) in [6.45, 7) is 0. The van der Waals surface area contributed by atoms with E-state index in [4.69, 9.17) is 0 Å². The number of hydrogen-bond acceptors (Lipinski definition) is 4. The molecule has 0 saturated heterocycles. The highest BCUT2D eigenvalue weighted by Crippen LogP contribution is 2.18. The second kappa shape index (κ2) is 6.58. The van der Waals surface area contributed by atoms with Gasteiger partial charge in [-0.05, 0) is 6.07 Å². The summed E-state index contributed by atoms with van der Waals surface area (Å²) in [5, 5.41) is 4.98. The maximum Gasteiger partial charge on any atom is 0.226 e. The lowest BCUT2D eigenvalue weighted by molar-refractivity contribution is -0.116. The van der Waals surface area contributed by atoms with Gasteiger partial charge in [-0.2, -0.15) is 0 Å². The van der Waals surface area contributed by atoms with Crippen LogP contribution >= 0.6 is 27.3 Å². The molecule has 6 heteroatoms. The Kier molecular flexibility index (Phi) is 4.81. The number of benzene rings is 1. The summed E-state index contributed by atoms with van der Waals surface area (Å²) in [6.07, 6.45) is 1.95. The standard InChI is InChI=1S/C13H11BrN2O2S/c14-10-4-2-1-3-9(10)11(17)5-6-12(18)16-13-15-7-8-19-13/h1-4,7-8H,5-6H2,(H,15,16,18). The predicted molar refractivity (Wildman–Crippen MR) is 78.5 cm³/mol. The summed E-state index contributed by atoms with van der Waals surface area (Å²) in [5.74, 6) is -0.253. The molecular weight excluding hydrogens is 328 g/mol. The van der Waals surface area contributed by atoms with E-state index in [-0.39, 0.29) is 24.5 Å². The number of aromatic nitrogens is 1. The number of hydrogen-bond donors (Lipinski definition) is 1. The van der Waals surface area contributed by atoms with Gasteiger partial charge in [0.15, 0.2) is 10.9 Å². The van der Waals surface area contributed by atoms with E-state index >= 15 is 0 Å². The van der Waals surface area contributed by atoms with Crippen LogP contribution in [0.25, 0.3) is 0 Å². The number of Topliss-reactive ketones (excluding diaryl/α,β-unsaturated/α-hetero) is 1. The minimum absolute atomic E-state index is 0.0539. The van der Waals surface area contributed by atoms with Crippen molar-refractivity contribution in [3.8, 4) is 0 Å². The Hall–Kier alpha value is -1.53. The molecule has 1 aromatic carbocycles. The molecule has 98 valence electrons. The molecule has 1 amide bonds. The van der Waals surface area contributed by atoms with Gasteiger partial charge in [-0.1, -0.05) is 34.1 Å². The van der Waals surface area contributed by atoms with Crippen molar-refractivity contribution in [2.45, 2.75) is 12.8 Å². The maximum atomic E-state index is 11.9. The Balaban J connectivity index is 1.87. The van der Waals surface area contributed by atoms with E-state index in [0.29, 0.717) is 10.7 Å². The number of halogens is 1. The van der Waals surface area contributed by atoms with E-state index in [0.717, 1.165) is 4.47 Å². The Morgan fingerprint density at radius 2 is 2.05 bits per heavy atom. The van der Waals surface area contributed by atoms with Gasteiger partial charge in [0, 0.05) is 34.5 Å². The minimum atomic E-state index is -0.199. The SMILES string of the molecule is O=C(CCC(=O)c1ccccc1Br)Nc1nccs1. The Labute approximate surface area is 123 Å². The van der Waals surface area contributed by atoms with Crippen molar-refractivity contribution in [1.82, 2.24) is 4.98 Å². The fraction of sp³-hybridized carbons (Fsp3) is 0.154. The number of rotatable bonds is 5. The normalized spacial score (nSPS) is 10.2. The van der Waals surface area contributed by atoms with E-state index in [1.165, 1.54) is 11.3 Å². The lowest BCUT2D eigenvalue weighted by Crippen LogP contribution is -2.13. The molecule has 0 spiro atoms. The van der Waals surface area contributed by atoms with E-state index in [2.05, 4.69) is 26.2 Å². The maximum absolute atomic E-state index is 11.9. The van der Waals surface area contributed by atoms with E-state index < -0.39 is 0 Å². The molecule has 0 aliphatic carbocycles. The van der Waals surface area contributed by atoms with Gasteiger partial charge in [-0.3, -0.25) is 9.59 Å². The van der Waals surface area contributed by atoms with Gasteiger partial charge in [0.2, 0.25) is 5.91 Å². The van der Waals surface area contributed by atoms with Gasteiger partial charge < -0.3 is 5.32 Å². The molecule has 1 heterocycles. The zero-order valence-electron chi connectivity index (χ0n) is 9.93. The lowest BCUT2D eigenvalue weighted by atomic mass is 10.1. The molecular formula is C13H11BrN2O2S. The average molecular weight is 339 g/mol.